The zero-order valence-corrected chi connectivity index (χ0v) is 13.9. The number of rotatable bonds is 5. The van der Waals surface area contributed by atoms with E-state index in [1.54, 1.807) is 0 Å². The number of nitrogens with one attached hydrogen (secondary N) is 1. The molecule has 0 radical (unpaired) electrons. The van der Waals surface area contributed by atoms with E-state index >= 15 is 0 Å². The highest BCUT2D eigenvalue weighted by molar-refractivity contribution is 7.91. The first-order valence-electron chi connectivity index (χ1n) is 7.39. The van der Waals surface area contributed by atoms with E-state index in [2.05, 4.69) is 5.32 Å². The monoisotopic (exact) mass is 344 g/mol. The second-order valence-electron chi connectivity index (χ2n) is 5.75. The normalized spacial score (nSPS) is 17.9. The standard InChI is InChI=1S/C15H21ClN2O3S/c16-12-4-6-13(7-5-12)22(20,21)11-10-18-14(19)15(17)8-2-1-3-9-15/h4-7H,1-3,8-11,17H2,(H,18,19). The Balaban J connectivity index is 1.90. The fourth-order valence-corrected chi connectivity index (χ4v) is 3.93. The topological polar surface area (TPSA) is 89.3 Å². The third-order valence-electron chi connectivity index (χ3n) is 4.03. The molecule has 0 aliphatic heterocycles. The van der Waals surface area contributed by atoms with Gasteiger partial charge < -0.3 is 11.1 Å². The van der Waals surface area contributed by atoms with Crippen LogP contribution in [-0.2, 0) is 14.6 Å². The lowest BCUT2D eigenvalue weighted by atomic mass is 9.82. The van der Waals surface area contributed by atoms with Crippen LogP contribution >= 0.6 is 11.6 Å². The van der Waals surface area contributed by atoms with Gasteiger partial charge in [0.15, 0.2) is 9.84 Å². The average molecular weight is 345 g/mol. The highest BCUT2D eigenvalue weighted by Gasteiger charge is 2.35. The second-order valence-corrected chi connectivity index (χ2v) is 8.29. The SMILES string of the molecule is NC1(C(=O)NCCS(=O)(=O)c2ccc(Cl)cc2)CCCCC1. The molecule has 1 aromatic carbocycles. The summed E-state index contributed by atoms with van der Waals surface area (Å²) in [5.74, 6) is -0.408. The first-order valence-corrected chi connectivity index (χ1v) is 9.42. The van der Waals surface area contributed by atoms with E-state index in [0.717, 1.165) is 19.3 Å². The Labute approximate surface area is 136 Å². The number of carbonyl (C=O) groups is 1. The van der Waals surface area contributed by atoms with Gasteiger partial charge in [-0.25, -0.2) is 8.42 Å². The summed E-state index contributed by atoms with van der Waals surface area (Å²) in [5.41, 5.74) is 5.26. The molecular weight excluding hydrogens is 324 g/mol. The van der Waals surface area contributed by atoms with Gasteiger partial charge in [-0.05, 0) is 37.1 Å². The van der Waals surface area contributed by atoms with E-state index < -0.39 is 15.4 Å². The molecule has 1 fully saturated rings. The molecule has 1 aromatic rings. The summed E-state index contributed by atoms with van der Waals surface area (Å²) in [6.07, 6.45) is 4.28. The fourth-order valence-electron chi connectivity index (χ4n) is 2.64. The van der Waals surface area contributed by atoms with Gasteiger partial charge >= 0.3 is 0 Å². The summed E-state index contributed by atoms with van der Waals surface area (Å²) >= 11 is 5.74. The molecule has 1 saturated carbocycles. The van der Waals surface area contributed by atoms with Crippen molar-refractivity contribution in [1.82, 2.24) is 5.32 Å². The Morgan fingerprint density at radius 2 is 1.77 bits per heavy atom. The number of hydrogen-bond acceptors (Lipinski definition) is 4. The summed E-state index contributed by atoms with van der Waals surface area (Å²) in [4.78, 5) is 12.3. The van der Waals surface area contributed by atoms with Gasteiger partial charge in [0.2, 0.25) is 5.91 Å². The van der Waals surface area contributed by atoms with E-state index in [1.165, 1.54) is 24.3 Å². The molecule has 3 N–H and O–H groups in total. The Morgan fingerprint density at radius 3 is 2.36 bits per heavy atom. The van der Waals surface area contributed by atoms with Crippen molar-refractivity contribution in [3.63, 3.8) is 0 Å². The molecule has 0 bridgehead atoms. The van der Waals surface area contributed by atoms with Crippen LogP contribution in [0.25, 0.3) is 0 Å². The molecule has 1 amide bonds. The van der Waals surface area contributed by atoms with Gasteiger partial charge in [0.1, 0.15) is 0 Å². The van der Waals surface area contributed by atoms with Gasteiger partial charge in [0, 0.05) is 11.6 Å². The Hall–Kier alpha value is -1.11. The number of nitrogens with two attached hydrogens (primary N) is 1. The van der Waals surface area contributed by atoms with Crippen molar-refractivity contribution in [2.75, 3.05) is 12.3 Å². The van der Waals surface area contributed by atoms with E-state index in [9.17, 15) is 13.2 Å². The van der Waals surface area contributed by atoms with E-state index in [4.69, 9.17) is 17.3 Å². The van der Waals surface area contributed by atoms with Gasteiger partial charge in [0.05, 0.1) is 16.2 Å². The third kappa shape index (κ3) is 4.21. The Kier molecular flexibility index (Phi) is 5.47. The molecule has 0 saturated heterocycles. The quantitative estimate of drug-likeness (QED) is 0.853. The van der Waals surface area contributed by atoms with E-state index in [-0.39, 0.29) is 23.1 Å². The van der Waals surface area contributed by atoms with Crippen molar-refractivity contribution >= 4 is 27.3 Å². The summed E-state index contributed by atoms with van der Waals surface area (Å²) in [6.45, 7) is 0.0583. The Bertz CT molecular complexity index is 623. The van der Waals surface area contributed by atoms with Crippen molar-refractivity contribution in [2.24, 2.45) is 5.73 Å². The van der Waals surface area contributed by atoms with Crippen LogP contribution in [0.3, 0.4) is 0 Å². The molecule has 122 valence electrons. The molecule has 2 rings (SSSR count). The van der Waals surface area contributed by atoms with Crippen LogP contribution in [0.1, 0.15) is 32.1 Å². The zero-order chi connectivity index (χ0) is 16.2. The number of sulfone groups is 1. The van der Waals surface area contributed by atoms with Gasteiger partial charge in [-0.3, -0.25) is 4.79 Å². The lowest BCUT2D eigenvalue weighted by molar-refractivity contribution is -0.127. The fraction of sp³-hybridized carbons (Fsp3) is 0.533. The Morgan fingerprint density at radius 1 is 1.18 bits per heavy atom. The van der Waals surface area contributed by atoms with E-state index in [0.29, 0.717) is 17.9 Å². The minimum Gasteiger partial charge on any atom is -0.353 e. The van der Waals surface area contributed by atoms with Crippen LogP contribution in [0, 0.1) is 0 Å². The highest BCUT2D eigenvalue weighted by atomic mass is 35.5. The molecule has 7 heteroatoms. The van der Waals surface area contributed by atoms with Crippen LogP contribution < -0.4 is 11.1 Å². The average Bonchev–Trinajstić information content (AvgIpc) is 2.48. The maximum absolute atomic E-state index is 12.2. The number of benzene rings is 1. The van der Waals surface area contributed by atoms with E-state index in [1.807, 2.05) is 0 Å². The van der Waals surface area contributed by atoms with Crippen molar-refractivity contribution in [3.05, 3.63) is 29.3 Å². The molecule has 0 unspecified atom stereocenters. The molecule has 0 atom stereocenters. The number of halogens is 1. The molecular formula is C15H21ClN2O3S. The van der Waals surface area contributed by atoms with Crippen molar-refractivity contribution < 1.29 is 13.2 Å². The highest BCUT2D eigenvalue weighted by Crippen LogP contribution is 2.25. The summed E-state index contributed by atoms with van der Waals surface area (Å²) in [7, 11) is -3.44. The first kappa shape index (κ1) is 17.2. The molecule has 1 aliphatic carbocycles. The van der Waals surface area contributed by atoms with Gasteiger partial charge in [-0.1, -0.05) is 30.9 Å². The summed E-state index contributed by atoms with van der Waals surface area (Å²) in [5, 5.41) is 3.14. The summed E-state index contributed by atoms with van der Waals surface area (Å²) in [6, 6.07) is 5.99. The number of amides is 1. The maximum atomic E-state index is 12.2. The molecule has 1 aliphatic rings. The van der Waals surface area contributed by atoms with Gasteiger partial charge in [0.25, 0.3) is 0 Å². The largest absolute Gasteiger partial charge is 0.353 e. The third-order valence-corrected chi connectivity index (χ3v) is 6.01. The van der Waals surface area contributed by atoms with Gasteiger partial charge in [-0.15, -0.1) is 0 Å². The molecule has 5 nitrogen and oxygen atoms in total. The first-order chi connectivity index (χ1) is 10.3. The molecule has 22 heavy (non-hydrogen) atoms. The maximum Gasteiger partial charge on any atom is 0.240 e. The van der Waals surface area contributed by atoms with Crippen molar-refractivity contribution in [2.45, 2.75) is 42.5 Å². The van der Waals surface area contributed by atoms with Crippen LogP contribution in [0.5, 0.6) is 0 Å². The number of carbonyl (C=O) groups excluding carboxylic acids is 1. The summed E-state index contributed by atoms with van der Waals surface area (Å²) < 4.78 is 24.3. The minimum absolute atomic E-state index is 0.0583. The number of hydrogen-bond donors (Lipinski definition) is 2. The zero-order valence-electron chi connectivity index (χ0n) is 12.3. The van der Waals surface area contributed by atoms with Crippen LogP contribution in [-0.4, -0.2) is 32.2 Å². The molecule has 0 spiro atoms. The van der Waals surface area contributed by atoms with Crippen molar-refractivity contribution in [1.29, 1.82) is 0 Å². The van der Waals surface area contributed by atoms with Crippen molar-refractivity contribution in [3.8, 4) is 0 Å². The molecule has 0 heterocycles. The van der Waals surface area contributed by atoms with Crippen LogP contribution in [0.2, 0.25) is 5.02 Å². The predicted octanol–water partition coefficient (Wildman–Crippen LogP) is 1.89. The van der Waals surface area contributed by atoms with Crippen LogP contribution in [0.4, 0.5) is 0 Å². The van der Waals surface area contributed by atoms with Gasteiger partial charge in [-0.2, -0.15) is 0 Å². The van der Waals surface area contributed by atoms with Crippen LogP contribution in [0.15, 0.2) is 29.2 Å². The predicted molar refractivity (Wildman–Crippen MR) is 86.5 cm³/mol. The second kappa shape index (κ2) is 6.98. The minimum atomic E-state index is -3.44. The lowest BCUT2D eigenvalue weighted by Gasteiger charge is -2.31. The lowest BCUT2D eigenvalue weighted by Crippen LogP contribution is -2.55. The smallest absolute Gasteiger partial charge is 0.240 e. The molecule has 0 aromatic heterocycles.